The highest BCUT2D eigenvalue weighted by molar-refractivity contribution is 7.92. The number of amides is 2. The van der Waals surface area contributed by atoms with Crippen LogP contribution in [-0.4, -0.2) is 54.4 Å². The summed E-state index contributed by atoms with van der Waals surface area (Å²) in [5.41, 5.74) is 1.41. The summed E-state index contributed by atoms with van der Waals surface area (Å²) in [6.07, 6.45) is 1.24. The number of nitrogens with zero attached hydrogens (tertiary/aromatic N) is 3. The molecule has 0 radical (unpaired) electrons. The molecule has 0 aliphatic carbocycles. The van der Waals surface area contributed by atoms with Gasteiger partial charge in [0.25, 0.3) is 5.69 Å². The molecule has 0 heterocycles. The highest BCUT2D eigenvalue weighted by Crippen LogP contribution is 2.28. The number of carbonyl (C=O) groups is 2. The smallest absolute Gasteiger partial charge is 0.271 e. The lowest BCUT2D eigenvalue weighted by molar-refractivity contribution is -0.384. The van der Waals surface area contributed by atoms with Crippen LogP contribution in [0.2, 0.25) is 0 Å². The Kier molecular flexibility index (Phi) is 9.43. The zero-order valence-corrected chi connectivity index (χ0v) is 23.3. The van der Waals surface area contributed by atoms with Crippen molar-refractivity contribution in [3.05, 3.63) is 69.3 Å². The number of nitrogens with one attached hydrogen (secondary N) is 1. The van der Waals surface area contributed by atoms with E-state index in [0.29, 0.717) is 12.0 Å². The van der Waals surface area contributed by atoms with E-state index < -0.39 is 39.0 Å². The second-order valence-electron chi connectivity index (χ2n) is 10.2. The normalized spacial score (nSPS) is 12.5. The summed E-state index contributed by atoms with van der Waals surface area (Å²) in [6.45, 7) is 10.3. The molecule has 0 aliphatic rings. The van der Waals surface area contributed by atoms with Crippen LogP contribution in [0.5, 0.6) is 0 Å². The average Bonchev–Trinajstić information content (AvgIpc) is 2.75. The van der Waals surface area contributed by atoms with Crippen LogP contribution in [0.4, 0.5) is 11.4 Å². The molecule has 11 heteroatoms. The fourth-order valence-electron chi connectivity index (χ4n) is 3.95. The highest BCUT2D eigenvalue weighted by Gasteiger charge is 2.33. The van der Waals surface area contributed by atoms with E-state index in [9.17, 15) is 28.1 Å². The molecule has 10 nitrogen and oxygen atoms in total. The van der Waals surface area contributed by atoms with Gasteiger partial charge >= 0.3 is 0 Å². The molecule has 0 aromatic heterocycles. The maximum atomic E-state index is 13.8. The van der Waals surface area contributed by atoms with Crippen LogP contribution in [0, 0.1) is 24.0 Å². The molecule has 0 fully saturated rings. The molecule has 0 spiro atoms. The second-order valence-corrected chi connectivity index (χ2v) is 12.1. The lowest BCUT2D eigenvalue weighted by Crippen LogP contribution is -2.55. The molecule has 2 aromatic carbocycles. The number of anilines is 1. The van der Waals surface area contributed by atoms with E-state index in [0.717, 1.165) is 27.8 Å². The first kappa shape index (κ1) is 29.8. The van der Waals surface area contributed by atoms with E-state index in [-0.39, 0.29) is 23.8 Å². The molecular weight excluding hydrogens is 496 g/mol. The Balaban J connectivity index is 2.55. The lowest BCUT2D eigenvalue weighted by atomic mass is 10.0. The summed E-state index contributed by atoms with van der Waals surface area (Å²) >= 11 is 0. The number of nitro benzene ring substituents is 1. The zero-order valence-electron chi connectivity index (χ0n) is 22.4. The minimum Gasteiger partial charge on any atom is -0.350 e. The number of benzene rings is 2. The van der Waals surface area contributed by atoms with Gasteiger partial charge in [0.15, 0.2) is 0 Å². The van der Waals surface area contributed by atoms with Gasteiger partial charge in [-0.15, -0.1) is 0 Å². The Labute approximate surface area is 218 Å². The molecule has 0 saturated carbocycles. The number of rotatable bonds is 10. The van der Waals surface area contributed by atoms with Crippen molar-refractivity contribution < 1.29 is 22.9 Å². The summed E-state index contributed by atoms with van der Waals surface area (Å²) in [5.74, 6) is -0.956. The van der Waals surface area contributed by atoms with Crippen LogP contribution in [0.15, 0.2) is 42.5 Å². The zero-order chi connectivity index (χ0) is 28.1. The predicted molar refractivity (Wildman–Crippen MR) is 144 cm³/mol. The van der Waals surface area contributed by atoms with E-state index in [1.165, 1.54) is 17.0 Å². The van der Waals surface area contributed by atoms with Crippen LogP contribution < -0.4 is 9.62 Å². The van der Waals surface area contributed by atoms with E-state index in [4.69, 9.17) is 0 Å². The summed E-state index contributed by atoms with van der Waals surface area (Å²) in [4.78, 5) is 39.1. The van der Waals surface area contributed by atoms with Crippen molar-refractivity contribution in [3.8, 4) is 0 Å². The highest BCUT2D eigenvalue weighted by atomic mass is 32.2. The topological polar surface area (TPSA) is 130 Å². The number of non-ortho nitro benzene ring substituents is 1. The van der Waals surface area contributed by atoms with Gasteiger partial charge in [0.1, 0.15) is 12.6 Å². The van der Waals surface area contributed by atoms with Gasteiger partial charge in [0.05, 0.1) is 16.9 Å². The Morgan fingerprint density at radius 2 is 1.76 bits per heavy atom. The molecule has 0 bridgehead atoms. The molecule has 1 N–H and O–H groups in total. The minimum absolute atomic E-state index is 0.0350. The van der Waals surface area contributed by atoms with Crippen molar-refractivity contribution in [3.63, 3.8) is 0 Å². The molecule has 1 unspecified atom stereocenters. The van der Waals surface area contributed by atoms with Crippen molar-refractivity contribution in [2.24, 2.45) is 0 Å². The third kappa shape index (κ3) is 8.28. The van der Waals surface area contributed by atoms with Crippen LogP contribution in [-0.2, 0) is 26.2 Å². The standard InChI is InChI=1S/C26H36N4O6S/c1-8-22(25(32)27-26(4,5)6)28(16-20-11-9-10-18(2)14-20)24(31)17-29(37(7,35)36)23-15-21(30(33)34)13-12-19(23)3/h9-15,22H,8,16-17H2,1-7H3,(H,27,32). The predicted octanol–water partition coefficient (Wildman–Crippen LogP) is 3.70. The summed E-state index contributed by atoms with van der Waals surface area (Å²) in [5, 5.41) is 14.2. The van der Waals surface area contributed by atoms with Gasteiger partial charge in [-0.2, -0.15) is 0 Å². The Morgan fingerprint density at radius 1 is 1.11 bits per heavy atom. The summed E-state index contributed by atoms with van der Waals surface area (Å²) in [7, 11) is -4.01. The van der Waals surface area contributed by atoms with Crippen molar-refractivity contribution in [1.29, 1.82) is 0 Å². The number of sulfonamides is 1. The van der Waals surface area contributed by atoms with E-state index in [2.05, 4.69) is 5.32 Å². The Morgan fingerprint density at radius 3 is 2.27 bits per heavy atom. The molecule has 2 rings (SSSR count). The van der Waals surface area contributed by atoms with Crippen molar-refractivity contribution >= 4 is 33.2 Å². The van der Waals surface area contributed by atoms with Gasteiger partial charge < -0.3 is 10.2 Å². The van der Waals surface area contributed by atoms with E-state index in [1.54, 1.807) is 13.8 Å². The number of hydrogen-bond acceptors (Lipinski definition) is 6. The average molecular weight is 533 g/mol. The molecule has 2 amide bonds. The largest absolute Gasteiger partial charge is 0.350 e. The van der Waals surface area contributed by atoms with Crippen LogP contribution >= 0.6 is 0 Å². The fraction of sp³-hybridized carbons (Fsp3) is 0.462. The molecule has 0 saturated heterocycles. The van der Waals surface area contributed by atoms with Gasteiger partial charge in [0, 0.05) is 24.2 Å². The first-order chi connectivity index (χ1) is 17.0. The molecule has 2 aromatic rings. The minimum atomic E-state index is -4.01. The molecule has 37 heavy (non-hydrogen) atoms. The fourth-order valence-corrected chi connectivity index (χ4v) is 4.85. The van der Waals surface area contributed by atoms with Gasteiger partial charge in [-0.05, 0) is 52.2 Å². The summed E-state index contributed by atoms with van der Waals surface area (Å²) in [6, 6.07) is 10.5. The number of hydrogen-bond donors (Lipinski definition) is 1. The van der Waals surface area contributed by atoms with Gasteiger partial charge in [-0.3, -0.25) is 24.0 Å². The van der Waals surface area contributed by atoms with Crippen molar-refractivity contribution in [2.45, 2.75) is 66.1 Å². The van der Waals surface area contributed by atoms with Gasteiger partial charge in [0.2, 0.25) is 21.8 Å². The number of aryl methyl sites for hydroxylation is 2. The lowest BCUT2D eigenvalue weighted by Gasteiger charge is -2.34. The second kappa shape index (κ2) is 11.7. The SMILES string of the molecule is CCC(C(=O)NC(C)(C)C)N(Cc1cccc(C)c1)C(=O)CN(c1cc([N+](=O)[O-])ccc1C)S(C)(=O)=O. The maximum Gasteiger partial charge on any atom is 0.271 e. The van der Waals surface area contributed by atoms with Crippen LogP contribution in [0.1, 0.15) is 50.8 Å². The number of carbonyl (C=O) groups excluding carboxylic acids is 2. The first-order valence-electron chi connectivity index (χ1n) is 11.9. The van der Waals surface area contributed by atoms with Crippen LogP contribution in [0.25, 0.3) is 0 Å². The quantitative estimate of drug-likeness (QED) is 0.367. The summed E-state index contributed by atoms with van der Waals surface area (Å²) < 4.78 is 26.4. The molecular formula is C26H36N4O6S. The van der Waals surface area contributed by atoms with E-state index >= 15 is 0 Å². The van der Waals surface area contributed by atoms with Crippen molar-refractivity contribution in [2.75, 3.05) is 17.1 Å². The first-order valence-corrected chi connectivity index (χ1v) is 13.8. The third-order valence-corrected chi connectivity index (χ3v) is 6.80. The van der Waals surface area contributed by atoms with E-state index in [1.807, 2.05) is 52.0 Å². The molecule has 1 atom stereocenters. The third-order valence-electron chi connectivity index (χ3n) is 5.67. The molecule has 202 valence electrons. The maximum absolute atomic E-state index is 13.8. The Hall–Kier alpha value is -3.47. The number of nitro groups is 1. The molecule has 0 aliphatic heterocycles. The van der Waals surface area contributed by atoms with Gasteiger partial charge in [-0.1, -0.05) is 42.8 Å². The van der Waals surface area contributed by atoms with Gasteiger partial charge in [-0.25, -0.2) is 8.42 Å². The van der Waals surface area contributed by atoms with Crippen LogP contribution in [0.3, 0.4) is 0 Å². The monoisotopic (exact) mass is 532 g/mol. The van der Waals surface area contributed by atoms with Crippen molar-refractivity contribution in [1.82, 2.24) is 10.2 Å². The Bertz CT molecular complexity index is 1270.